The van der Waals surface area contributed by atoms with Crippen molar-refractivity contribution < 1.29 is 8.98 Å². The third-order valence-electron chi connectivity index (χ3n) is 8.75. The average Bonchev–Trinajstić information content (AvgIpc) is 2.60. The molecule has 0 saturated heterocycles. The minimum absolute atomic E-state index is 0.144. The van der Waals surface area contributed by atoms with E-state index in [9.17, 15) is 4.79 Å². The molecule has 2 aliphatic carbocycles. The Bertz CT molecular complexity index is 806. The molecule has 0 bridgehead atoms. The fourth-order valence-electron chi connectivity index (χ4n) is 6.38. The van der Waals surface area contributed by atoms with Crippen LogP contribution in [0.1, 0.15) is 85.3 Å². The van der Waals surface area contributed by atoms with Gasteiger partial charge in [-0.2, -0.15) is 0 Å². The third kappa shape index (κ3) is 3.85. The summed E-state index contributed by atoms with van der Waals surface area (Å²) in [6.07, 6.45) is 7.73. The van der Waals surface area contributed by atoms with Crippen LogP contribution in [0, 0.1) is 29.1 Å². The first kappa shape index (κ1) is 23.7. The summed E-state index contributed by atoms with van der Waals surface area (Å²) in [4.78, 5) is 12.7. The summed E-state index contributed by atoms with van der Waals surface area (Å²) >= 11 is 0. The fourth-order valence-corrected chi connectivity index (χ4v) is 7.21. The molecular formula is C27H44O2S. The number of ketones is 1. The predicted octanol–water partition coefficient (Wildman–Crippen LogP) is 7.40. The summed E-state index contributed by atoms with van der Waals surface area (Å²) in [5.41, 5.74) is 2.81. The largest absolute Gasteiger partial charge is 0.449 e. The minimum atomic E-state index is -1.20. The van der Waals surface area contributed by atoms with Crippen LogP contribution in [0.4, 0.5) is 0 Å². The molecule has 2 aliphatic rings. The van der Waals surface area contributed by atoms with Gasteiger partial charge in [-0.05, 0) is 106 Å². The Morgan fingerprint density at radius 3 is 2.37 bits per heavy atom. The standard InChI is InChI=1S/C27H44O2S/c1-11-23-25-17(2)14-20-15-21(29-30(9,10)26(5,6)7)12-13-22(20)24(25)18(3)16-27(23,8)19(4)28/h12-13,15,17-18,23-25H,11,14,16H2,1-10H3. The summed E-state index contributed by atoms with van der Waals surface area (Å²) < 4.78 is 6.72. The van der Waals surface area contributed by atoms with Gasteiger partial charge < -0.3 is 4.18 Å². The monoisotopic (exact) mass is 432 g/mol. The molecule has 1 aromatic carbocycles. The molecule has 0 spiro atoms. The number of carbonyl (C=O) groups excluding carboxylic acids is 1. The van der Waals surface area contributed by atoms with Crippen LogP contribution >= 0.6 is 10.3 Å². The lowest BCUT2D eigenvalue weighted by atomic mass is 9.48. The molecule has 3 rings (SSSR count). The van der Waals surface area contributed by atoms with Crippen LogP contribution in [0.5, 0.6) is 5.75 Å². The molecule has 0 heterocycles. The van der Waals surface area contributed by atoms with Gasteiger partial charge in [-0.15, -0.1) is 0 Å². The second-order valence-electron chi connectivity index (χ2n) is 11.7. The Balaban J connectivity index is 1.99. The molecule has 30 heavy (non-hydrogen) atoms. The van der Waals surface area contributed by atoms with Gasteiger partial charge >= 0.3 is 0 Å². The maximum absolute atomic E-state index is 12.7. The van der Waals surface area contributed by atoms with E-state index in [4.69, 9.17) is 4.18 Å². The molecular weight excluding hydrogens is 388 g/mol. The van der Waals surface area contributed by atoms with Crippen LogP contribution in [0.3, 0.4) is 0 Å². The lowest BCUT2D eigenvalue weighted by Crippen LogP contribution is -2.51. The van der Waals surface area contributed by atoms with Crippen molar-refractivity contribution in [1.29, 1.82) is 0 Å². The summed E-state index contributed by atoms with van der Waals surface area (Å²) in [6.45, 7) is 18.0. The second kappa shape index (κ2) is 7.87. The van der Waals surface area contributed by atoms with Gasteiger partial charge in [0.25, 0.3) is 0 Å². The van der Waals surface area contributed by atoms with E-state index in [1.165, 1.54) is 11.1 Å². The van der Waals surface area contributed by atoms with Crippen LogP contribution in [0.2, 0.25) is 0 Å². The molecule has 0 aromatic heterocycles. The van der Waals surface area contributed by atoms with Gasteiger partial charge in [0.05, 0.1) is 0 Å². The van der Waals surface area contributed by atoms with E-state index in [0.29, 0.717) is 35.4 Å². The van der Waals surface area contributed by atoms with E-state index in [0.717, 1.165) is 25.0 Å². The van der Waals surface area contributed by atoms with Crippen LogP contribution in [-0.2, 0) is 11.2 Å². The molecule has 6 unspecified atom stereocenters. The molecule has 0 N–H and O–H groups in total. The topological polar surface area (TPSA) is 26.3 Å². The van der Waals surface area contributed by atoms with Crippen molar-refractivity contribution in [3.8, 4) is 5.75 Å². The van der Waals surface area contributed by atoms with Gasteiger partial charge in [0, 0.05) is 10.2 Å². The highest BCUT2D eigenvalue weighted by atomic mass is 32.3. The second-order valence-corrected chi connectivity index (χ2v) is 15.6. The normalized spacial score (nSPS) is 34.7. The maximum atomic E-state index is 12.7. The van der Waals surface area contributed by atoms with Gasteiger partial charge in [0.15, 0.2) is 0 Å². The Kier molecular flexibility index (Phi) is 6.22. The van der Waals surface area contributed by atoms with Gasteiger partial charge in [-0.25, -0.2) is 0 Å². The molecule has 0 radical (unpaired) electrons. The van der Waals surface area contributed by atoms with E-state index >= 15 is 0 Å². The van der Waals surface area contributed by atoms with Crippen molar-refractivity contribution in [2.24, 2.45) is 29.1 Å². The summed E-state index contributed by atoms with van der Waals surface area (Å²) in [7, 11) is -1.20. The zero-order valence-corrected chi connectivity index (χ0v) is 21.8. The van der Waals surface area contributed by atoms with E-state index in [-0.39, 0.29) is 10.2 Å². The highest BCUT2D eigenvalue weighted by molar-refractivity contribution is 8.30. The Morgan fingerprint density at radius 1 is 1.20 bits per heavy atom. The number of hydrogen-bond acceptors (Lipinski definition) is 2. The molecule has 0 aliphatic heterocycles. The first-order valence-corrected chi connectivity index (χ1v) is 14.2. The van der Waals surface area contributed by atoms with Crippen molar-refractivity contribution in [3.05, 3.63) is 29.3 Å². The Labute approximate surface area is 187 Å². The Hall–Kier alpha value is -0.960. The van der Waals surface area contributed by atoms with Crippen molar-refractivity contribution in [2.45, 2.75) is 85.3 Å². The summed E-state index contributed by atoms with van der Waals surface area (Å²) in [5.74, 6) is 4.14. The van der Waals surface area contributed by atoms with Crippen LogP contribution in [0.15, 0.2) is 18.2 Å². The number of fused-ring (bicyclic) bond motifs is 3. The molecule has 1 saturated carbocycles. The number of benzene rings is 1. The van der Waals surface area contributed by atoms with Crippen LogP contribution < -0.4 is 4.18 Å². The van der Waals surface area contributed by atoms with Gasteiger partial charge in [-0.3, -0.25) is 4.79 Å². The molecule has 0 amide bonds. The maximum Gasteiger partial charge on any atom is 0.135 e. The minimum Gasteiger partial charge on any atom is -0.449 e. The van der Waals surface area contributed by atoms with Crippen LogP contribution in [0.25, 0.3) is 0 Å². The first-order chi connectivity index (χ1) is 13.7. The van der Waals surface area contributed by atoms with Gasteiger partial charge in [0.1, 0.15) is 11.5 Å². The van der Waals surface area contributed by atoms with E-state index < -0.39 is 10.3 Å². The smallest absolute Gasteiger partial charge is 0.135 e. The predicted molar refractivity (Wildman–Crippen MR) is 132 cm³/mol. The first-order valence-electron chi connectivity index (χ1n) is 11.8. The highest BCUT2D eigenvalue weighted by Gasteiger charge is 2.54. The fraction of sp³-hybridized carbons (Fsp3) is 0.741. The zero-order valence-electron chi connectivity index (χ0n) is 21.0. The molecule has 1 aromatic rings. The number of rotatable bonds is 4. The SMILES string of the molecule is CCC1C2C(C)Cc3cc(OS(C)(C)C(C)(C)C)ccc3C2C(C)CC1(C)C(C)=O. The highest BCUT2D eigenvalue weighted by Crippen LogP contribution is 2.60. The summed E-state index contributed by atoms with van der Waals surface area (Å²) in [6, 6.07) is 6.89. The van der Waals surface area contributed by atoms with Crippen LogP contribution in [-0.4, -0.2) is 23.0 Å². The molecule has 6 atom stereocenters. The molecule has 170 valence electrons. The van der Waals surface area contributed by atoms with E-state index in [1.807, 2.05) is 6.92 Å². The van der Waals surface area contributed by atoms with Crippen molar-refractivity contribution in [2.75, 3.05) is 12.5 Å². The number of Topliss-reactive ketones (excluding diaryl/α,β-unsaturated/α-hetero) is 1. The summed E-state index contributed by atoms with van der Waals surface area (Å²) in [5, 5.41) is 0. The zero-order chi connectivity index (χ0) is 22.6. The average molecular weight is 433 g/mol. The number of hydrogen-bond donors (Lipinski definition) is 0. The quantitative estimate of drug-likeness (QED) is 0.495. The Morgan fingerprint density at radius 2 is 1.83 bits per heavy atom. The van der Waals surface area contributed by atoms with Gasteiger partial charge in [-0.1, -0.05) is 50.5 Å². The number of carbonyl (C=O) groups is 1. The van der Waals surface area contributed by atoms with Crippen molar-refractivity contribution in [3.63, 3.8) is 0 Å². The third-order valence-corrected chi connectivity index (χ3v) is 12.3. The van der Waals surface area contributed by atoms with Gasteiger partial charge in [0.2, 0.25) is 0 Å². The molecule has 2 nitrogen and oxygen atoms in total. The van der Waals surface area contributed by atoms with Crippen molar-refractivity contribution in [1.82, 2.24) is 0 Å². The van der Waals surface area contributed by atoms with Crippen molar-refractivity contribution >= 4 is 16.1 Å². The molecule has 3 heteroatoms. The lowest BCUT2D eigenvalue weighted by Gasteiger charge is -2.56. The lowest BCUT2D eigenvalue weighted by molar-refractivity contribution is -0.137. The van der Waals surface area contributed by atoms with E-state index in [1.54, 1.807) is 0 Å². The molecule has 1 fully saturated rings. The van der Waals surface area contributed by atoms with E-state index in [2.05, 4.69) is 79.2 Å².